The van der Waals surface area contributed by atoms with E-state index in [4.69, 9.17) is 27.8 Å². The average Bonchev–Trinajstić information content (AvgIpc) is 3.15. The van der Waals surface area contributed by atoms with Crippen molar-refractivity contribution in [3.8, 4) is 5.75 Å². The molecule has 1 unspecified atom stereocenters. The van der Waals surface area contributed by atoms with Gasteiger partial charge in [-0.25, -0.2) is 9.97 Å². The van der Waals surface area contributed by atoms with Crippen molar-refractivity contribution in [2.24, 2.45) is 4.99 Å². The number of halogens is 1. The number of nitrogens with zero attached hydrogens (tertiary/aromatic N) is 3. The van der Waals surface area contributed by atoms with Crippen molar-refractivity contribution in [3.05, 3.63) is 40.7 Å². The van der Waals surface area contributed by atoms with Crippen LogP contribution >= 0.6 is 11.6 Å². The van der Waals surface area contributed by atoms with E-state index < -0.39 is 5.91 Å². The third kappa shape index (κ3) is 5.47. The first-order chi connectivity index (χ1) is 14.0. The van der Waals surface area contributed by atoms with Crippen molar-refractivity contribution in [2.75, 3.05) is 25.1 Å². The van der Waals surface area contributed by atoms with Gasteiger partial charge in [0.05, 0.1) is 7.11 Å². The first-order valence-electron chi connectivity index (χ1n) is 9.31. The number of guanidine groups is 1. The van der Waals surface area contributed by atoms with E-state index in [9.17, 15) is 4.79 Å². The van der Waals surface area contributed by atoms with E-state index in [1.54, 1.807) is 7.11 Å². The number of hydrogen-bond acceptors (Lipinski definition) is 6. The first-order valence-corrected chi connectivity index (χ1v) is 9.69. The van der Waals surface area contributed by atoms with Crippen LogP contribution in [0.25, 0.3) is 0 Å². The number of rotatable bonds is 7. The van der Waals surface area contributed by atoms with E-state index in [-0.39, 0.29) is 28.5 Å². The molecule has 29 heavy (non-hydrogen) atoms. The molecule has 1 aliphatic rings. The number of carbonyl (C=O) groups is 1. The summed E-state index contributed by atoms with van der Waals surface area (Å²) in [5, 5.41) is 6.21. The van der Waals surface area contributed by atoms with Gasteiger partial charge >= 0.3 is 5.91 Å². The van der Waals surface area contributed by atoms with Crippen LogP contribution in [-0.2, 0) is 6.42 Å². The van der Waals surface area contributed by atoms with Crippen LogP contribution in [-0.4, -0.2) is 41.5 Å². The van der Waals surface area contributed by atoms with Gasteiger partial charge in [0.1, 0.15) is 5.75 Å². The van der Waals surface area contributed by atoms with Crippen molar-refractivity contribution in [1.29, 1.82) is 0 Å². The minimum absolute atomic E-state index is 0.0276. The lowest BCUT2D eigenvalue weighted by Gasteiger charge is -2.09. The molecule has 0 bridgehead atoms. The van der Waals surface area contributed by atoms with Gasteiger partial charge in [-0.1, -0.05) is 30.2 Å². The highest BCUT2D eigenvalue weighted by Gasteiger charge is 2.21. The number of nitrogens with two attached hydrogens (primary N) is 2. The maximum atomic E-state index is 12.3. The molecular formula is C19H24ClN7O2. The molecule has 1 saturated heterocycles. The van der Waals surface area contributed by atoms with E-state index in [1.165, 1.54) is 5.56 Å². The summed E-state index contributed by atoms with van der Waals surface area (Å²) in [4.78, 5) is 23.9. The van der Waals surface area contributed by atoms with Crippen LogP contribution in [0.2, 0.25) is 5.15 Å². The summed E-state index contributed by atoms with van der Waals surface area (Å²) in [5.41, 5.74) is 12.4. The van der Waals surface area contributed by atoms with Gasteiger partial charge in [0.15, 0.2) is 28.4 Å². The molecule has 154 valence electrons. The van der Waals surface area contributed by atoms with E-state index in [2.05, 4.69) is 37.7 Å². The van der Waals surface area contributed by atoms with E-state index in [0.717, 1.165) is 31.4 Å². The Bertz CT molecular complexity index is 902. The van der Waals surface area contributed by atoms with E-state index in [1.807, 2.05) is 12.1 Å². The van der Waals surface area contributed by atoms with Crippen molar-refractivity contribution < 1.29 is 9.53 Å². The average molecular weight is 418 g/mol. The second kappa shape index (κ2) is 9.42. The molecule has 0 aliphatic carbocycles. The lowest BCUT2D eigenvalue weighted by Crippen LogP contribution is -2.29. The second-order valence-corrected chi connectivity index (χ2v) is 7.07. The standard InChI is InChI=1S/C19H24ClN7O2/c1-29-13-8-6-11(7-9-13)4-2-3-5-12-10-23-19(24-12)27-18(28)14-16(21)26-17(22)15(20)25-14/h6-9,12H,2-5,10H2,1H3,(H4,21,22,26)(H2,23,24,27,28). The number of aryl methyl sites for hydroxylation is 1. The van der Waals surface area contributed by atoms with Crippen LogP contribution in [0.1, 0.15) is 35.3 Å². The number of ether oxygens (including phenoxy) is 1. The highest BCUT2D eigenvalue weighted by molar-refractivity contribution is 6.31. The minimum Gasteiger partial charge on any atom is -0.497 e. The summed E-state index contributed by atoms with van der Waals surface area (Å²) in [5.74, 6) is 0.496. The Hall–Kier alpha value is -3.07. The highest BCUT2D eigenvalue weighted by atomic mass is 35.5. The molecule has 9 nitrogen and oxygen atoms in total. The van der Waals surface area contributed by atoms with Crippen LogP contribution in [0.3, 0.4) is 0 Å². The van der Waals surface area contributed by atoms with E-state index >= 15 is 0 Å². The monoisotopic (exact) mass is 417 g/mol. The lowest BCUT2D eigenvalue weighted by molar-refractivity contribution is 0.0998. The number of nitrogen functional groups attached to an aromatic ring is 2. The zero-order valence-electron chi connectivity index (χ0n) is 16.1. The minimum atomic E-state index is -0.632. The summed E-state index contributed by atoms with van der Waals surface area (Å²) >= 11 is 5.81. The van der Waals surface area contributed by atoms with Crippen molar-refractivity contribution in [1.82, 2.24) is 20.6 Å². The second-order valence-electron chi connectivity index (χ2n) is 6.72. The van der Waals surface area contributed by atoms with Gasteiger partial charge in [0, 0.05) is 12.6 Å². The number of methoxy groups -OCH3 is 1. The Morgan fingerprint density at radius 1 is 1.24 bits per heavy atom. The molecule has 1 atom stereocenters. The topological polar surface area (TPSA) is 141 Å². The Kier molecular flexibility index (Phi) is 6.71. The van der Waals surface area contributed by atoms with Gasteiger partial charge in [-0.2, -0.15) is 4.99 Å². The van der Waals surface area contributed by atoms with Crippen LogP contribution < -0.4 is 26.8 Å². The molecule has 1 amide bonds. The van der Waals surface area contributed by atoms with Crippen LogP contribution in [0.15, 0.2) is 29.3 Å². The number of carbonyl (C=O) groups excluding carboxylic acids is 1. The molecule has 1 aromatic heterocycles. The summed E-state index contributed by atoms with van der Waals surface area (Å²) < 4.78 is 5.17. The van der Waals surface area contributed by atoms with Crippen molar-refractivity contribution >= 4 is 35.1 Å². The molecule has 6 N–H and O–H groups in total. The molecule has 1 aliphatic heterocycles. The number of aliphatic imine (C=N–C) groups is 1. The molecule has 10 heteroatoms. The smallest absolute Gasteiger partial charge is 0.302 e. The Morgan fingerprint density at radius 3 is 2.72 bits per heavy atom. The third-order valence-corrected chi connectivity index (χ3v) is 4.88. The molecule has 0 radical (unpaired) electrons. The van der Waals surface area contributed by atoms with Crippen molar-refractivity contribution in [3.63, 3.8) is 0 Å². The quantitative estimate of drug-likeness (QED) is 0.499. The number of aromatic nitrogens is 2. The zero-order chi connectivity index (χ0) is 20.8. The summed E-state index contributed by atoms with van der Waals surface area (Å²) in [6.07, 6.45) is 4.11. The predicted octanol–water partition coefficient (Wildman–Crippen LogP) is 1.77. The molecular weight excluding hydrogens is 394 g/mol. The first kappa shape index (κ1) is 20.7. The molecule has 2 aromatic rings. The van der Waals surface area contributed by atoms with Gasteiger partial charge in [-0.05, 0) is 37.0 Å². The SMILES string of the molecule is COc1ccc(CCCCC2CN/C(=N/C(=O)c3nc(Cl)c(N)nc3N)N2)cc1. The third-order valence-electron chi connectivity index (χ3n) is 4.60. The summed E-state index contributed by atoms with van der Waals surface area (Å²) in [7, 11) is 1.66. The Morgan fingerprint density at radius 2 is 2.00 bits per heavy atom. The Labute approximate surface area is 173 Å². The predicted molar refractivity (Wildman–Crippen MR) is 113 cm³/mol. The maximum Gasteiger partial charge on any atom is 0.302 e. The molecule has 3 rings (SSSR count). The van der Waals surface area contributed by atoms with Crippen LogP contribution in [0, 0.1) is 0 Å². The van der Waals surface area contributed by atoms with Crippen LogP contribution in [0.5, 0.6) is 5.75 Å². The van der Waals surface area contributed by atoms with Crippen LogP contribution in [0.4, 0.5) is 11.6 Å². The summed E-state index contributed by atoms with van der Waals surface area (Å²) in [6.45, 7) is 0.693. The maximum absolute atomic E-state index is 12.3. The molecule has 1 aromatic carbocycles. The largest absolute Gasteiger partial charge is 0.497 e. The van der Waals surface area contributed by atoms with Gasteiger partial charge in [-0.3, -0.25) is 4.79 Å². The number of hydrogen-bond donors (Lipinski definition) is 4. The van der Waals surface area contributed by atoms with E-state index in [0.29, 0.717) is 12.5 Å². The fourth-order valence-electron chi connectivity index (χ4n) is 3.03. The number of nitrogens with one attached hydrogen (secondary N) is 2. The molecule has 1 fully saturated rings. The number of unbranched alkanes of at least 4 members (excludes halogenated alkanes) is 1. The number of anilines is 2. The van der Waals surface area contributed by atoms with Gasteiger partial charge < -0.3 is 26.8 Å². The highest BCUT2D eigenvalue weighted by Crippen LogP contribution is 2.18. The number of benzene rings is 1. The molecule has 0 saturated carbocycles. The Balaban J connectivity index is 1.46. The van der Waals surface area contributed by atoms with Gasteiger partial charge in [0.2, 0.25) is 0 Å². The fraction of sp³-hybridized carbons (Fsp3) is 0.368. The van der Waals surface area contributed by atoms with Crippen molar-refractivity contribution in [2.45, 2.75) is 31.7 Å². The molecule has 2 heterocycles. The number of amides is 1. The normalized spacial score (nSPS) is 17.0. The zero-order valence-corrected chi connectivity index (χ0v) is 16.9. The summed E-state index contributed by atoms with van der Waals surface area (Å²) in [6, 6.07) is 8.33. The van der Waals surface area contributed by atoms with Gasteiger partial charge in [0.25, 0.3) is 0 Å². The molecule has 0 spiro atoms. The lowest BCUT2D eigenvalue weighted by atomic mass is 10.0. The van der Waals surface area contributed by atoms with Gasteiger partial charge in [-0.15, -0.1) is 0 Å². The fourth-order valence-corrected chi connectivity index (χ4v) is 3.15.